The number of ether oxygens (including phenoxy) is 1. The maximum absolute atomic E-state index is 5.25. The highest BCUT2D eigenvalue weighted by Crippen LogP contribution is 2.26. The summed E-state index contributed by atoms with van der Waals surface area (Å²) in [7, 11) is 1.69. The van der Waals surface area contributed by atoms with E-state index in [4.69, 9.17) is 9.72 Å². The first kappa shape index (κ1) is 12.5. The molecular formula is C15H21N3O. The molecule has 2 aromatic rings. The summed E-state index contributed by atoms with van der Waals surface area (Å²) in [5, 5.41) is 0. The Bertz CT molecular complexity index is 564. The zero-order chi connectivity index (χ0) is 13.2. The van der Waals surface area contributed by atoms with Crippen LogP contribution >= 0.6 is 0 Å². The summed E-state index contributed by atoms with van der Waals surface area (Å²) in [5.41, 5.74) is 2.22. The molecule has 2 aromatic heterocycles. The number of nitrogens with zero attached hydrogens (tertiary/aromatic N) is 3. The van der Waals surface area contributed by atoms with Crippen LogP contribution < -0.4 is 4.74 Å². The van der Waals surface area contributed by atoms with Crippen molar-refractivity contribution in [2.24, 2.45) is 0 Å². The zero-order valence-electron chi connectivity index (χ0n) is 11.7. The molecule has 19 heavy (non-hydrogen) atoms. The third-order valence-corrected chi connectivity index (χ3v) is 4.05. The fourth-order valence-electron chi connectivity index (χ4n) is 2.89. The molecule has 1 atom stereocenters. The SMILES string of the molecule is CCN1CCCC(c2cn3cc(OC)ccc3n2)C1. The molecule has 0 amide bonds. The minimum atomic E-state index is 0.569. The van der Waals surface area contributed by atoms with Gasteiger partial charge >= 0.3 is 0 Å². The topological polar surface area (TPSA) is 29.8 Å². The van der Waals surface area contributed by atoms with Gasteiger partial charge in [0.25, 0.3) is 0 Å². The molecule has 102 valence electrons. The van der Waals surface area contributed by atoms with E-state index in [0.717, 1.165) is 24.5 Å². The Morgan fingerprint density at radius 1 is 1.37 bits per heavy atom. The molecular weight excluding hydrogens is 238 g/mol. The van der Waals surface area contributed by atoms with E-state index in [2.05, 4.69) is 22.4 Å². The third kappa shape index (κ3) is 2.45. The van der Waals surface area contributed by atoms with Crippen LogP contribution in [0.3, 0.4) is 0 Å². The van der Waals surface area contributed by atoms with E-state index >= 15 is 0 Å². The Morgan fingerprint density at radius 2 is 2.26 bits per heavy atom. The second-order valence-electron chi connectivity index (χ2n) is 5.23. The molecule has 0 N–H and O–H groups in total. The van der Waals surface area contributed by atoms with Gasteiger partial charge in [-0.2, -0.15) is 0 Å². The Kier molecular flexibility index (Phi) is 3.42. The number of rotatable bonds is 3. The summed E-state index contributed by atoms with van der Waals surface area (Å²) in [6.45, 7) is 5.74. The van der Waals surface area contributed by atoms with Crippen LogP contribution in [0.15, 0.2) is 24.5 Å². The zero-order valence-corrected chi connectivity index (χ0v) is 11.7. The molecule has 4 heteroatoms. The molecule has 3 heterocycles. The molecule has 1 aliphatic rings. The standard InChI is InChI=1S/C15H21N3O/c1-3-17-8-4-5-12(9-17)14-11-18-10-13(19-2)6-7-15(18)16-14/h6-7,10-12H,3-5,8-9H2,1-2H3. The Labute approximate surface area is 114 Å². The number of likely N-dealkylation sites (N-methyl/N-ethyl adjacent to an activating group) is 1. The lowest BCUT2D eigenvalue weighted by atomic mass is 9.95. The third-order valence-electron chi connectivity index (χ3n) is 4.05. The first-order chi connectivity index (χ1) is 9.30. The van der Waals surface area contributed by atoms with Crippen LogP contribution in [0.4, 0.5) is 0 Å². The van der Waals surface area contributed by atoms with Crippen molar-refractivity contribution in [1.29, 1.82) is 0 Å². The van der Waals surface area contributed by atoms with Crippen molar-refractivity contribution < 1.29 is 4.74 Å². The van der Waals surface area contributed by atoms with Crippen LogP contribution in [0.25, 0.3) is 5.65 Å². The molecule has 0 aromatic carbocycles. The van der Waals surface area contributed by atoms with E-state index in [1.54, 1.807) is 7.11 Å². The van der Waals surface area contributed by atoms with Crippen molar-refractivity contribution in [3.8, 4) is 5.75 Å². The van der Waals surface area contributed by atoms with Gasteiger partial charge in [0, 0.05) is 18.7 Å². The quantitative estimate of drug-likeness (QED) is 0.848. The van der Waals surface area contributed by atoms with Crippen molar-refractivity contribution in [1.82, 2.24) is 14.3 Å². The number of hydrogen-bond donors (Lipinski definition) is 0. The summed E-state index contributed by atoms with van der Waals surface area (Å²) >= 11 is 0. The molecule has 1 aliphatic heterocycles. The van der Waals surface area contributed by atoms with Crippen LogP contribution in [0, 0.1) is 0 Å². The Hall–Kier alpha value is -1.55. The number of pyridine rings is 1. The van der Waals surface area contributed by atoms with Crippen molar-refractivity contribution >= 4 is 5.65 Å². The highest BCUT2D eigenvalue weighted by Gasteiger charge is 2.22. The summed E-state index contributed by atoms with van der Waals surface area (Å²) in [6, 6.07) is 3.98. The van der Waals surface area contributed by atoms with Gasteiger partial charge in [-0.15, -0.1) is 0 Å². The number of likely N-dealkylation sites (tertiary alicyclic amines) is 1. The lowest BCUT2D eigenvalue weighted by Gasteiger charge is -2.30. The second-order valence-corrected chi connectivity index (χ2v) is 5.23. The lowest BCUT2D eigenvalue weighted by Crippen LogP contribution is -2.34. The Morgan fingerprint density at radius 3 is 3.05 bits per heavy atom. The van der Waals surface area contributed by atoms with E-state index in [9.17, 15) is 0 Å². The van der Waals surface area contributed by atoms with Crippen LogP contribution in [0.1, 0.15) is 31.4 Å². The number of hydrogen-bond acceptors (Lipinski definition) is 3. The number of aromatic nitrogens is 2. The van der Waals surface area contributed by atoms with Gasteiger partial charge in [-0.1, -0.05) is 6.92 Å². The first-order valence-corrected chi connectivity index (χ1v) is 7.05. The molecule has 0 radical (unpaired) electrons. The number of imidazole rings is 1. The maximum Gasteiger partial charge on any atom is 0.137 e. The van der Waals surface area contributed by atoms with Gasteiger partial charge in [-0.3, -0.25) is 0 Å². The summed E-state index contributed by atoms with van der Waals surface area (Å²) in [6.07, 6.45) is 6.67. The molecule has 1 saturated heterocycles. The van der Waals surface area contributed by atoms with Crippen LogP contribution in [0.5, 0.6) is 5.75 Å². The van der Waals surface area contributed by atoms with Crippen molar-refractivity contribution in [2.75, 3.05) is 26.7 Å². The van der Waals surface area contributed by atoms with E-state index in [0.29, 0.717) is 5.92 Å². The van der Waals surface area contributed by atoms with E-state index in [1.165, 1.54) is 25.1 Å². The number of piperidine rings is 1. The van der Waals surface area contributed by atoms with E-state index in [1.807, 2.05) is 18.3 Å². The molecule has 0 saturated carbocycles. The van der Waals surface area contributed by atoms with Gasteiger partial charge in [0.15, 0.2) is 0 Å². The molecule has 0 aliphatic carbocycles. The average Bonchev–Trinajstić information content (AvgIpc) is 2.90. The van der Waals surface area contributed by atoms with Gasteiger partial charge in [-0.05, 0) is 38.1 Å². The minimum absolute atomic E-state index is 0.569. The molecule has 1 unspecified atom stereocenters. The predicted molar refractivity (Wildman–Crippen MR) is 75.8 cm³/mol. The van der Waals surface area contributed by atoms with Gasteiger partial charge < -0.3 is 14.0 Å². The largest absolute Gasteiger partial charge is 0.495 e. The normalized spacial score (nSPS) is 20.8. The lowest BCUT2D eigenvalue weighted by molar-refractivity contribution is 0.216. The first-order valence-electron chi connectivity index (χ1n) is 7.05. The van der Waals surface area contributed by atoms with Crippen molar-refractivity contribution in [3.63, 3.8) is 0 Å². The van der Waals surface area contributed by atoms with Gasteiger partial charge in [0.05, 0.1) is 19.0 Å². The van der Waals surface area contributed by atoms with Gasteiger partial charge in [0.1, 0.15) is 11.4 Å². The smallest absolute Gasteiger partial charge is 0.137 e. The number of fused-ring (bicyclic) bond motifs is 1. The van der Waals surface area contributed by atoms with Crippen LogP contribution in [-0.4, -0.2) is 41.0 Å². The maximum atomic E-state index is 5.25. The summed E-state index contributed by atoms with van der Waals surface area (Å²) in [5.74, 6) is 1.44. The Balaban J connectivity index is 1.88. The van der Waals surface area contributed by atoms with E-state index in [-0.39, 0.29) is 0 Å². The van der Waals surface area contributed by atoms with Gasteiger partial charge in [0.2, 0.25) is 0 Å². The monoisotopic (exact) mass is 259 g/mol. The number of methoxy groups -OCH3 is 1. The van der Waals surface area contributed by atoms with Crippen LogP contribution in [0.2, 0.25) is 0 Å². The highest BCUT2D eigenvalue weighted by molar-refractivity contribution is 5.43. The van der Waals surface area contributed by atoms with E-state index < -0.39 is 0 Å². The minimum Gasteiger partial charge on any atom is -0.495 e. The highest BCUT2D eigenvalue weighted by atomic mass is 16.5. The molecule has 0 bridgehead atoms. The predicted octanol–water partition coefficient (Wildman–Crippen LogP) is 2.54. The molecule has 4 nitrogen and oxygen atoms in total. The van der Waals surface area contributed by atoms with Crippen molar-refractivity contribution in [3.05, 3.63) is 30.2 Å². The average molecular weight is 259 g/mol. The molecule has 0 spiro atoms. The van der Waals surface area contributed by atoms with Crippen LogP contribution in [-0.2, 0) is 0 Å². The molecule has 1 fully saturated rings. The van der Waals surface area contributed by atoms with Crippen molar-refractivity contribution in [2.45, 2.75) is 25.7 Å². The summed E-state index contributed by atoms with van der Waals surface area (Å²) < 4.78 is 7.32. The van der Waals surface area contributed by atoms with Gasteiger partial charge in [-0.25, -0.2) is 4.98 Å². The fraction of sp³-hybridized carbons (Fsp3) is 0.533. The fourth-order valence-corrected chi connectivity index (χ4v) is 2.89. The molecule has 3 rings (SSSR count). The summed E-state index contributed by atoms with van der Waals surface area (Å²) in [4.78, 5) is 7.27. The second kappa shape index (κ2) is 5.21.